The molecule has 4 nitrogen and oxygen atoms in total. The maximum absolute atomic E-state index is 6.23. The van der Waals surface area contributed by atoms with Crippen LogP contribution in [0.5, 0.6) is 0 Å². The summed E-state index contributed by atoms with van der Waals surface area (Å²) in [7, 11) is 0. The van der Waals surface area contributed by atoms with Crippen LogP contribution in [-0.2, 0) is 0 Å². The number of pyridine rings is 1. The molecule has 2 aromatic rings. The van der Waals surface area contributed by atoms with Gasteiger partial charge in [0.25, 0.3) is 0 Å². The molecule has 90 valence electrons. The standard InChI is InChI=1S/C12H15ClN4/c1-8(2)17-12(10(13)7-16-17)11(14)9-3-5-15-6-4-9/h3-8,11H,14H2,1-2H3. The van der Waals surface area contributed by atoms with Crippen molar-refractivity contribution in [3.8, 4) is 0 Å². The lowest BCUT2D eigenvalue weighted by atomic mass is 10.1. The summed E-state index contributed by atoms with van der Waals surface area (Å²) in [5.74, 6) is 0. The molecule has 0 aliphatic carbocycles. The van der Waals surface area contributed by atoms with E-state index in [0.29, 0.717) is 5.02 Å². The van der Waals surface area contributed by atoms with E-state index in [-0.39, 0.29) is 12.1 Å². The molecule has 2 N–H and O–H groups in total. The molecule has 2 aromatic heterocycles. The highest BCUT2D eigenvalue weighted by molar-refractivity contribution is 6.31. The SMILES string of the molecule is CC(C)n1ncc(Cl)c1C(N)c1ccncc1. The normalized spacial score (nSPS) is 13.0. The molecule has 17 heavy (non-hydrogen) atoms. The molecule has 0 saturated carbocycles. The van der Waals surface area contributed by atoms with Crippen LogP contribution < -0.4 is 5.73 Å². The summed E-state index contributed by atoms with van der Waals surface area (Å²) in [4.78, 5) is 3.98. The number of aromatic nitrogens is 3. The van der Waals surface area contributed by atoms with E-state index in [1.54, 1.807) is 18.6 Å². The van der Waals surface area contributed by atoms with Gasteiger partial charge in [-0.25, -0.2) is 0 Å². The Kier molecular flexibility index (Phi) is 3.45. The fourth-order valence-corrected chi connectivity index (χ4v) is 2.03. The van der Waals surface area contributed by atoms with Crippen molar-refractivity contribution in [3.05, 3.63) is 47.0 Å². The minimum absolute atomic E-state index is 0.227. The van der Waals surface area contributed by atoms with Crippen molar-refractivity contribution in [2.75, 3.05) is 0 Å². The Morgan fingerprint density at radius 1 is 1.29 bits per heavy atom. The van der Waals surface area contributed by atoms with E-state index in [0.717, 1.165) is 11.3 Å². The van der Waals surface area contributed by atoms with Crippen LogP contribution in [0.1, 0.15) is 37.2 Å². The van der Waals surface area contributed by atoms with Gasteiger partial charge >= 0.3 is 0 Å². The van der Waals surface area contributed by atoms with Crippen LogP contribution in [0.3, 0.4) is 0 Å². The summed E-state index contributed by atoms with van der Waals surface area (Å²) < 4.78 is 1.85. The first kappa shape index (κ1) is 12.1. The maximum Gasteiger partial charge on any atom is 0.0837 e. The van der Waals surface area contributed by atoms with Gasteiger partial charge in [-0.05, 0) is 31.5 Å². The van der Waals surface area contributed by atoms with E-state index < -0.39 is 0 Å². The van der Waals surface area contributed by atoms with Crippen molar-refractivity contribution in [2.45, 2.75) is 25.9 Å². The molecule has 0 aliphatic heterocycles. The number of hydrogen-bond donors (Lipinski definition) is 1. The lowest BCUT2D eigenvalue weighted by Crippen LogP contribution is -2.19. The summed E-state index contributed by atoms with van der Waals surface area (Å²) >= 11 is 6.15. The monoisotopic (exact) mass is 250 g/mol. The molecule has 0 spiro atoms. The molecule has 2 heterocycles. The predicted molar refractivity (Wildman–Crippen MR) is 67.9 cm³/mol. The van der Waals surface area contributed by atoms with Crippen LogP contribution in [0, 0.1) is 0 Å². The van der Waals surface area contributed by atoms with Gasteiger partial charge in [0.15, 0.2) is 0 Å². The Hall–Kier alpha value is -1.39. The minimum Gasteiger partial charge on any atom is -0.319 e. The van der Waals surface area contributed by atoms with Crippen LogP contribution in [0.4, 0.5) is 0 Å². The Bertz CT molecular complexity index is 492. The number of nitrogens with two attached hydrogens (primary N) is 1. The van der Waals surface area contributed by atoms with E-state index in [2.05, 4.69) is 10.1 Å². The Morgan fingerprint density at radius 3 is 2.53 bits per heavy atom. The third-order valence-corrected chi connectivity index (χ3v) is 2.93. The van der Waals surface area contributed by atoms with Crippen LogP contribution in [-0.4, -0.2) is 14.8 Å². The van der Waals surface area contributed by atoms with E-state index in [1.807, 2.05) is 30.7 Å². The number of halogens is 1. The molecule has 1 unspecified atom stereocenters. The second-order valence-corrected chi connectivity index (χ2v) is 4.58. The van der Waals surface area contributed by atoms with Crippen molar-refractivity contribution in [3.63, 3.8) is 0 Å². The van der Waals surface area contributed by atoms with Crippen molar-refractivity contribution in [1.29, 1.82) is 0 Å². The molecule has 0 bridgehead atoms. The first-order valence-electron chi connectivity index (χ1n) is 5.49. The summed E-state index contributed by atoms with van der Waals surface area (Å²) in [6, 6.07) is 3.72. The summed E-state index contributed by atoms with van der Waals surface area (Å²) in [5, 5.41) is 4.85. The highest BCUT2D eigenvalue weighted by Crippen LogP contribution is 2.27. The molecule has 0 radical (unpaired) electrons. The van der Waals surface area contributed by atoms with Gasteiger partial charge in [0, 0.05) is 18.4 Å². The number of nitrogens with zero attached hydrogens (tertiary/aromatic N) is 3. The Labute approximate surface area is 105 Å². The second-order valence-electron chi connectivity index (χ2n) is 4.17. The average molecular weight is 251 g/mol. The second kappa shape index (κ2) is 4.85. The molecule has 1 atom stereocenters. The van der Waals surface area contributed by atoms with Crippen molar-refractivity contribution < 1.29 is 0 Å². The Balaban J connectivity index is 2.43. The van der Waals surface area contributed by atoms with Gasteiger partial charge in [-0.15, -0.1) is 0 Å². The first-order chi connectivity index (χ1) is 8.11. The van der Waals surface area contributed by atoms with E-state index in [9.17, 15) is 0 Å². The van der Waals surface area contributed by atoms with Crippen LogP contribution in [0.2, 0.25) is 5.02 Å². The highest BCUT2D eigenvalue weighted by Gasteiger charge is 2.19. The zero-order chi connectivity index (χ0) is 12.4. The van der Waals surface area contributed by atoms with Gasteiger partial charge < -0.3 is 5.73 Å². The van der Waals surface area contributed by atoms with Crippen LogP contribution in [0.25, 0.3) is 0 Å². The van der Waals surface area contributed by atoms with E-state index in [4.69, 9.17) is 17.3 Å². The first-order valence-corrected chi connectivity index (χ1v) is 5.87. The number of hydrogen-bond acceptors (Lipinski definition) is 3. The van der Waals surface area contributed by atoms with E-state index in [1.165, 1.54) is 0 Å². The molecule has 5 heteroatoms. The van der Waals surface area contributed by atoms with Crippen molar-refractivity contribution >= 4 is 11.6 Å². The third kappa shape index (κ3) is 2.33. The molecule has 0 amide bonds. The summed E-state index contributed by atoms with van der Waals surface area (Å²) in [6.45, 7) is 4.10. The van der Waals surface area contributed by atoms with Crippen molar-refractivity contribution in [1.82, 2.24) is 14.8 Å². The smallest absolute Gasteiger partial charge is 0.0837 e. The fourth-order valence-electron chi connectivity index (χ4n) is 1.78. The zero-order valence-electron chi connectivity index (χ0n) is 9.84. The maximum atomic E-state index is 6.23. The van der Waals surface area contributed by atoms with Crippen LogP contribution >= 0.6 is 11.6 Å². The Morgan fingerprint density at radius 2 is 1.94 bits per heavy atom. The molecule has 0 aromatic carbocycles. The topological polar surface area (TPSA) is 56.7 Å². The van der Waals surface area contributed by atoms with Gasteiger partial charge in [0.2, 0.25) is 0 Å². The molecule has 0 saturated heterocycles. The molecular formula is C12H15ClN4. The average Bonchev–Trinajstić information content (AvgIpc) is 2.71. The summed E-state index contributed by atoms with van der Waals surface area (Å²) in [6.07, 6.45) is 5.08. The lowest BCUT2D eigenvalue weighted by molar-refractivity contribution is 0.499. The van der Waals surface area contributed by atoms with Gasteiger partial charge in [-0.1, -0.05) is 11.6 Å². The minimum atomic E-state index is -0.282. The molecule has 0 aliphatic rings. The predicted octanol–water partition coefficient (Wildman–Crippen LogP) is 2.56. The summed E-state index contributed by atoms with van der Waals surface area (Å²) in [5.41, 5.74) is 8.04. The molecule has 0 fully saturated rings. The van der Waals surface area contributed by atoms with Crippen molar-refractivity contribution in [2.24, 2.45) is 5.73 Å². The zero-order valence-corrected chi connectivity index (χ0v) is 10.6. The quantitative estimate of drug-likeness (QED) is 0.911. The van der Waals surface area contributed by atoms with Gasteiger partial charge in [-0.2, -0.15) is 5.10 Å². The van der Waals surface area contributed by atoms with Gasteiger partial charge in [0.05, 0.1) is 23.0 Å². The molecule has 2 rings (SSSR count). The van der Waals surface area contributed by atoms with Gasteiger partial charge in [0.1, 0.15) is 0 Å². The lowest BCUT2D eigenvalue weighted by Gasteiger charge is -2.17. The van der Waals surface area contributed by atoms with E-state index >= 15 is 0 Å². The fraction of sp³-hybridized carbons (Fsp3) is 0.333. The highest BCUT2D eigenvalue weighted by atomic mass is 35.5. The number of rotatable bonds is 3. The van der Waals surface area contributed by atoms with Gasteiger partial charge in [-0.3, -0.25) is 9.67 Å². The largest absolute Gasteiger partial charge is 0.319 e. The molecular weight excluding hydrogens is 236 g/mol. The van der Waals surface area contributed by atoms with Crippen LogP contribution in [0.15, 0.2) is 30.7 Å². The third-order valence-electron chi connectivity index (χ3n) is 2.64.